The molecule has 0 saturated carbocycles. The van der Waals surface area contributed by atoms with Gasteiger partial charge in [-0.1, -0.05) is 11.8 Å². The molecule has 4 heteroatoms. The highest BCUT2D eigenvalue weighted by molar-refractivity contribution is 6.19. The van der Waals surface area contributed by atoms with E-state index in [1.54, 1.807) is 12.1 Å². The van der Waals surface area contributed by atoms with Crippen molar-refractivity contribution in [2.24, 2.45) is 0 Å². The molecule has 0 aromatic heterocycles. The molecule has 1 rings (SSSR count). The van der Waals surface area contributed by atoms with Crippen LogP contribution >= 0.6 is 23.2 Å². The van der Waals surface area contributed by atoms with Crippen LogP contribution in [-0.2, 0) is 4.79 Å². The van der Waals surface area contributed by atoms with E-state index in [0.717, 1.165) is 11.3 Å². The van der Waals surface area contributed by atoms with Crippen molar-refractivity contribution in [1.82, 2.24) is 0 Å². The molecule has 0 spiro atoms. The molecule has 0 heterocycles. The van der Waals surface area contributed by atoms with E-state index < -0.39 is 0 Å². The third-order valence-electron chi connectivity index (χ3n) is 1.79. The first-order chi connectivity index (χ1) is 7.76. The van der Waals surface area contributed by atoms with Gasteiger partial charge < -0.3 is 5.32 Å². The minimum absolute atomic E-state index is 0.0883. The number of halogens is 2. The molecule has 1 aromatic rings. The second kappa shape index (κ2) is 7.16. The molecule has 1 N–H and O–H groups in total. The lowest BCUT2D eigenvalue weighted by atomic mass is 10.2. The summed E-state index contributed by atoms with van der Waals surface area (Å²) in [6.45, 7) is 0. The predicted molar refractivity (Wildman–Crippen MR) is 68.0 cm³/mol. The van der Waals surface area contributed by atoms with Gasteiger partial charge in [0.15, 0.2) is 0 Å². The lowest BCUT2D eigenvalue weighted by molar-refractivity contribution is -0.115. The molecule has 0 atom stereocenters. The summed E-state index contributed by atoms with van der Waals surface area (Å²) in [5.41, 5.74) is 1.61. The fourth-order valence-electron chi connectivity index (χ4n) is 1.08. The molecular formula is C12H11Cl2NO. The van der Waals surface area contributed by atoms with Crippen LogP contribution in [-0.4, -0.2) is 17.7 Å². The summed E-state index contributed by atoms with van der Waals surface area (Å²) in [7, 11) is 0. The quantitative estimate of drug-likeness (QED) is 0.653. The van der Waals surface area contributed by atoms with Crippen molar-refractivity contribution in [3.8, 4) is 11.8 Å². The summed E-state index contributed by atoms with van der Waals surface area (Å²) in [4.78, 5) is 11.2. The number of hydrogen-bond acceptors (Lipinski definition) is 1. The zero-order valence-corrected chi connectivity index (χ0v) is 10.1. The molecule has 1 amide bonds. The smallest absolute Gasteiger partial charge is 0.225 e. The molecule has 2 nitrogen and oxygen atoms in total. The van der Waals surface area contributed by atoms with E-state index in [4.69, 9.17) is 23.2 Å². The standard InChI is InChI=1S/C12H11Cl2NO/c13-8-1-2-10-3-5-11(6-4-10)15-12(16)7-9-14/h3-6H,7-9H2,(H,15,16). The van der Waals surface area contributed by atoms with Gasteiger partial charge >= 0.3 is 0 Å². The molecule has 0 fully saturated rings. The minimum atomic E-state index is -0.0883. The van der Waals surface area contributed by atoms with E-state index in [2.05, 4.69) is 17.2 Å². The lowest BCUT2D eigenvalue weighted by Crippen LogP contribution is -2.11. The third-order valence-corrected chi connectivity index (χ3v) is 2.11. The largest absolute Gasteiger partial charge is 0.326 e. The molecule has 16 heavy (non-hydrogen) atoms. The van der Waals surface area contributed by atoms with Gasteiger partial charge in [-0.15, -0.1) is 23.2 Å². The molecule has 0 aliphatic rings. The molecular weight excluding hydrogens is 245 g/mol. The summed E-state index contributed by atoms with van der Waals surface area (Å²) in [5.74, 6) is 6.19. The Balaban J connectivity index is 2.61. The Kier molecular flexibility index (Phi) is 5.77. The number of carbonyl (C=O) groups excluding carboxylic acids is 1. The Morgan fingerprint density at radius 2 is 1.94 bits per heavy atom. The van der Waals surface area contributed by atoms with Gasteiger partial charge in [0.25, 0.3) is 0 Å². The lowest BCUT2D eigenvalue weighted by Gasteiger charge is -2.03. The number of nitrogens with one attached hydrogen (secondary N) is 1. The Hall–Kier alpha value is -1.17. The average molecular weight is 256 g/mol. The zero-order valence-electron chi connectivity index (χ0n) is 8.59. The number of alkyl halides is 2. The molecule has 0 aliphatic heterocycles. The van der Waals surface area contributed by atoms with Crippen LogP contribution in [0.4, 0.5) is 5.69 Å². The molecule has 0 aliphatic carbocycles. The first-order valence-electron chi connectivity index (χ1n) is 4.77. The van der Waals surface area contributed by atoms with Crippen LogP contribution < -0.4 is 5.32 Å². The van der Waals surface area contributed by atoms with Crippen LogP contribution in [0.1, 0.15) is 12.0 Å². The van der Waals surface area contributed by atoms with E-state index >= 15 is 0 Å². The topological polar surface area (TPSA) is 29.1 Å². The van der Waals surface area contributed by atoms with E-state index in [1.165, 1.54) is 0 Å². The van der Waals surface area contributed by atoms with Crippen LogP contribution in [0.5, 0.6) is 0 Å². The summed E-state index contributed by atoms with van der Waals surface area (Å²) in [6.07, 6.45) is 0.315. The molecule has 1 aromatic carbocycles. The van der Waals surface area contributed by atoms with Gasteiger partial charge in [0.1, 0.15) is 0 Å². The highest BCUT2D eigenvalue weighted by Gasteiger charge is 2.00. The van der Waals surface area contributed by atoms with E-state index in [9.17, 15) is 4.79 Å². The second-order valence-electron chi connectivity index (χ2n) is 3.00. The maximum absolute atomic E-state index is 11.2. The molecule has 0 unspecified atom stereocenters. The Morgan fingerprint density at radius 1 is 1.25 bits per heavy atom. The maximum atomic E-state index is 11.2. The van der Waals surface area contributed by atoms with Crippen LogP contribution in [0.25, 0.3) is 0 Å². The summed E-state index contributed by atoms with van der Waals surface area (Å²) >= 11 is 10.9. The molecule has 0 bridgehead atoms. The number of carbonyl (C=O) groups is 1. The normalized spacial score (nSPS) is 9.12. The maximum Gasteiger partial charge on any atom is 0.225 e. The first-order valence-corrected chi connectivity index (χ1v) is 5.84. The number of anilines is 1. The predicted octanol–water partition coefficient (Wildman–Crippen LogP) is 2.84. The monoisotopic (exact) mass is 255 g/mol. The molecule has 0 radical (unpaired) electrons. The summed E-state index contributed by atoms with van der Waals surface area (Å²) in [6, 6.07) is 7.25. The fraction of sp³-hybridized carbons (Fsp3) is 0.250. The van der Waals surface area contributed by atoms with Gasteiger partial charge in [-0.3, -0.25) is 4.79 Å². The summed E-state index contributed by atoms with van der Waals surface area (Å²) in [5, 5.41) is 2.73. The van der Waals surface area contributed by atoms with E-state index in [1.807, 2.05) is 12.1 Å². The second-order valence-corrected chi connectivity index (χ2v) is 3.65. The minimum Gasteiger partial charge on any atom is -0.326 e. The molecule has 84 valence electrons. The van der Waals surface area contributed by atoms with Crippen molar-refractivity contribution in [2.75, 3.05) is 17.1 Å². The van der Waals surface area contributed by atoms with Gasteiger partial charge in [0, 0.05) is 23.6 Å². The van der Waals surface area contributed by atoms with Gasteiger partial charge in [0.2, 0.25) is 5.91 Å². The van der Waals surface area contributed by atoms with Crippen LogP contribution in [0, 0.1) is 11.8 Å². The number of amides is 1. The Bertz CT molecular complexity index is 403. The fourth-order valence-corrected chi connectivity index (χ4v) is 1.32. The van der Waals surface area contributed by atoms with Crippen LogP contribution in [0.15, 0.2) is 24.3 Å². The first kappa shape index (κ1) is 12.9. The van der Waals surface area contributed by atoms with Crippen LogP contribution in [0.3, 0.4) is 0 Å². The van der Waals surface area contributed by atoms with Gasteiger partial charge in [-0.05, 0) is 24.3 Å². The number of hydrogen-bond donors (Lipinski definition) is 1. The van der Waals surface area contributed by atoms with Crippen molar-refractivity contribution in [1.29, 1.82) is 0 Å². The van der Waals surface area contributed by atoms with Gasteiger partial charge in [-0.2, -0.15) is 0 Å². The zero-order chi connectivity index (χ0) is 11.8. The van der Waals surface area contributed by atoms with Crippen molar-refractivity contribution >= 4 is 34.8 Å². The highest BCUT2D eigenvalue weighted by Crippen LogP contribution is 2.09. The molecule has 0 saturated heterocycles. The van der Waals surface area contributed by atoms with Crippen LogP contribution in [0.2, 0.25) is 0 Å². The highest BCUT2D eigenvalue weighted by atomic mass is 35.5. The number of rotatable bonds is 3. The van der Waals surface area contributed by atoms with E-state index in [-0.39, 0.29) is 5.91 Å². The third kappa shape index (κ3) is 4.57. The van der Waals surface area contributed by atoms with Crippen molar-refractivity contribution < 1.29 is 4.79 Å². The Morgan fingerprint density at radius 3 is 2.50 bits per heavy atom. The Labute approximate surface area is 105 Å². The summed E-state index contributed by atoms with van der Waals surface area (Å²) < 4.78 is 0. The van der Waals surface area contributed by atoms with Crippen molar-refractivity contribution in [2.45, 2.75) is 6.42 Å². The van der Waals surface area contributed by atoms with Crippen molar-refractivity contribution in [3.63, 3.8) is 0 Å². The van der Waals surface area contributed by atoms with E-state index in [0.29, 0.717) is 18.2 Å². The van der Waals surface area contributed by atoms with Gasteiger partial charge in [0.05, 0.1) is 5.88 Å². The number of benzene rings is 1. The average Bonchev–Trinajstić information content (AvgIpc) is 2.28. The SMILES string of the molecule is O=C(CCCl)Nc1ccc(C#CCCl)cc1. The van der Waals surface area contributed by atoms with Crippen molar-refractivity contribution in [3.05, 3.63) is 29.8 Å². The van der Waals surface area contributed by atoms with Gasteiger partial charge in [-0.25, -0.2) is 0 Å².